The zero-order valence-electron chi connectivity index (χ0n) is 5.46. The molecule has 0 fully saturated rings. The molecule has 0 aromatic carbocycles. The van der Waals surface area contributed by atoms with Gasteiger partial charge in [-0.2, -0.15) is 0 Å². The van der Waals surface area contributed by atoms with E-state index in [1.807, 2.05) is 0 Å². The highest BCUT2D eigenvalue weighted by atomic mass is 16.7. The summed E-state index contributed by atoms with van der Waals surface area (Å²) in [5.41, 5.74) is 0. The molecule has 1 N–H and O–H groups in total. The summed E-state index contributed by atoms with van der Waals surface area (Å²) in [6.07, 6.45) is -1.07. The van der Waals surface area contributed by atoms with Crippen LogP contribution in [0.25, 0.3) is 0 Å². The predicted molar refractivity (Wildman–Crippen MR) is 29.6 cm³/mol. The van der Waals surface area contributed by atoms with E-state index in [-0.39, 0.29) is 6.79 Å². The van der Waals surface area contributed by atoms with Crippen LogP contribution in [0.4, 0.5) is 0 Å². The number of ether oxygens (including phenoxy) is 2. The van der Waals surface area contributed by atoms with Crippen LogP contribution in [0.5, 0.6) is 0 Å². The van der Waals surface area contributed by atoms with E-state index in [2.05, 4.69) is 9.47 Å². The zero-order valence-corrected chi connectivity index (χ0v) is 5.46. The highest BCUT2D eigenvalue weighted by Crippen LogP contribution is 1.85. The largest absolute Gasteiger partial charge is 0.437 e. The molecule has 0 saturated carbocycles. The van der Waals surface area contributed by atoms with Crippen LogP contribution < -0.4 is 0 Å². The maximum Gasteiger partial charge on any atom is 0.336 e. The third kappa shape index (κ3) is 3.93. The summed E-state index contributed by atoms with van der Waals surface area (Å²) in [4.78, 5) is 10.3. The number of hydrogen-bond donors (Lipinski definition) is 1. The molecule has 0 spiro atoms. The van der Waals surface area contributed by atoms with Crippen molar-refractivity contribution in [2.24, 2.45) is 0 Å². The maximum absolute atomic E-state index is 10.3. The number of esters is 1. The minimum Gasteiger partial charge on any atom is -0.437 e. The zero-order chi connectivity index (χ0) is 7.28. The van der Waals surface area contributed by atoms with Gasteiger partial charge in [0.1, 0.15) is 6.10 Å². The summed E-state index contributed by atoms with van der Waals surface area (Å²) in [6.45, 7) is 1.22. The van der Waals surface area contributed by atoms with E-state index in [0.717, 1.165) is 0 Å². The molecule has 0 bridgehead atoms. The highest BCUT2D eigenvalue weighted by Gasteiger charge is 2.08. The first-order chi connectivity index (χ1) is 4.18. The summed E-state index contributed by atoms with van der Waals surface area (Å²) in [7, 11) is 1.40. The normalized spacial score (nSPS) is 12.8. The second-order valence-corrected chi connectivity index (χ2v) is 1.55. The number of hydrogen-bond acceptors (Lipinski definition) is 4. The first-order valence-corrected chi connectivity index (χ1v) is 2.52. The fourth-order valence-corrected chi connectivity index (χ4v) is 0.238. The number of methoxy groups -OCH3 is 1. The number of aliphatic hydroxyl groups is 1. The number of carbonyl (C=O) groups excluding carboxylic acids is 1. The van der Waals surface area contributed by atoms with Crippen molar-refractivity contribution in [2.75, 3.05) is 13.9 Å². The summed E-state index contributed by atoms with van der Waals surface area (Å²) in [5, 5.41) is 8.52. The van der Waals surface area contributed by atoms with Crippen molar-refractivity contribution < 1.29 is 19.4 Å². The van der Waals surface area contributed by atoms with Gasteiger partial charge in [-0.3, -0.25) is 0 Å². The van der Waals surface area contributed by atoms with E-state index in [4.69, 9.17) is 5.11 Å². The minimum atomic E-state index is -1.07. The van der Waals surface area contributed by atoms with E-state index in [0.29, 0.717) is 0 Å². The standard InChI is InChI=1S/C5H10O4/c1-4(6)5(7)9-3-8-2/h4,6H,3H2,1-2H3/t4-/m0/s1. The van der Waals surface area contributed by atoms with Crippen molar-refractivity contribution in [3.63, 3.8) is 0 Å². The Morgan fingerprint density at radius 2 is 2.33 bits per heavy atom. The van der Waals surface area contributed by atoms with Gasteiger partial charge in [-0.15, -0.1) is 0 Å². The molecule has 54 valence electrons. The van der Waals surface area contributed by atoms with Crippen LogP contribution in [-0.2, 0) is 14.3 Å². The first-order valence-electron chi connectivity index (χ1n) is 2.52. The molecular weight excluding hydrogens is 124 g/mol. The Labute approximate surface area is 53.4 Å². The van der Waals surface area contributed by atoms with Gasteiger partial charge in [0.25, 0.3) is 0 Å². The second-order valence-electron chi connectivity index (χ2n) is 1.55. The molecule has 0 amide bonds. The highest BCUT2D eigenvalue weighted by molar-refractivity contribution is 5.73. The van der Waals surface area contributed by atoms with Crippen molar-refractivity contribution >= 4 is 5.97 Å². The molecule has 0 saturated heterocycles. The van der Waals surface area contributed by atoms with Crippen molar-refractivity contribution in [1.29, 1.82) is 0 Å². The smallest absolute Gasteiger partial charge is 0.336 e. The summed E-state index contributed by atoms with van der Waals surface area (Å²) in [6, 6.07) is 0. The Kier molecular flexibility index (Phi) is 4.00. The number of aliphatic hydroxyl groups excluding tert-OH is 1. The van der Waals surface area contributed by atoms with Crippen LogP contribution >= 0.6 is 0 Å². The lowest BCUT2D eigenvalue weighted by Crippen LogP contribution is -2.20. The van der Waals surface area contributed by atoms with Gasteiger partial charge in [-0.25, -0.2) is 4.79 Å². The van der Waals surface area contributed by atoms with Gasteiger partial charge in [0.2, 0.25) is 0 Å². The average Bonchev–Trinajstić information content (AvgIpc) is 1.82. The third-order valence-electron chi connectivity index (χ3n) is 0.660. The fraction of sp³-hybridized carbons (Fsp3) is 0.800. The molecule has 0 aliphatic carbocycles. The van der Waals surface area contributed by atoms with Crippen LogP contribution in [-0.4, -0.2) is 31.1 Å². The van der Waals surface area contributed by atoms with Crippen LogP contribution in [0, 0.1) is 0 Å². The molecule has 0 rings (SSSR count). The van der Waals surface area contributed by atoms with Crippen molar-refractivity contribution in [1.82, 2.24) is 0 Å². The Bertz CT molecular complexity index is 89.0. The Morgan fingerprint density at radius 1 is 1.78 bits per heavy atom. The molecule has 4 nitrogen and oxygen atoms in total. The minimum absolute atomic E-state index is 0.107. The molecule has 0 aliphatic rings. The first kappa shape index (κ1) is 8.39. The molecule has 0 unspecified atom stereocenters. The molecule has 0 aliphatic heterocycles. The van der Waals surface area contributed by atoms with Crippen LogP contribution in [0.2, 0.25) is 0 Å². The molecule has 0 aromatic heterocycles. The van der Waals surface area contributed by atoms with Crippen molar-refractivity contribution in [3.8, 4) is 0 Å². The van der Waals surface area contributed by atoms with Gasteiger partial charge in [-0.05, 0) is 6.92 Å². The Hall–Kier alpha value is -0.610. The fourth-order valence-electron chi connectivity index (χ4n) is 0.238. The summed E-state index contributed by atoms with van der Waals surface area (Å²) >= 11 is 0. The van der Waals surface area contributed by atoms with E-state index >= 15 is 0 Å². The summed E-state index contributed by atoms with van der Waals surface area (Å²) in [5.74, 6) is -0.670. The summed E-state index contributed by atoms with van der Waals surface area (Å²) < 4.78 is 8.75. The average molecular weight is 134 g/mol. The quantitative estimate of drug-likeness (QED) is 0.418. The predicted octanol–water partition coefficient (Wildman–Crippen LogP) is -0.486. The molecule has 1 atom stereocenters. The van der Waals surface area contributed by atoms with Gasteiger partial charge in [0.05, 0.1) is 0 Å². The van der Waals surface area contributed by atoms with Crippen molar-refractivity contribution in [3.05, 3.63) is 0 Å². The lowest BCUT2D eigenvalue weighted by atomic mass is 10.4. The third-order valence-corrected chi connectivity index (χ3v) is 0.660. The maximum atomic E-state index is 10.3. The Morgan fingerprint density at radius 3 is 2.67 bits per heavy atom. The van der Waals surface area contributed by atoms with Crippen LogP contribution in [0.3, 0.4) is 0 Å². The van der Waals surface area contributed by atoms with Crippen molar-refractivity contribution in [2.45, 2.75) is 13.0 Å². The molecule has 0 aromatic rings. The van der Waals surface area contributed by atoms with E-state index in [1.165, 1.54) is 14.0 Å². The van der Waals surface area contributed by atoms with Crippen LogP contribution in [0.1, 0.15) is 6.92 Å². The number of rotatable bonds is 3. The van der Waals surface area contributed by atoms with Gasteiger partial charge < -0.3 is 14.6 Å². The van der Waals surface area contributed by atoms with Gasteiger partial charge in [0, 0.05) is 7.11 Å². The van der Waals surface area contributed by atoms with Crippen LogP contribution in [0.15, 0.2) is 0 Å². The van der Waals surface area contributed by atoms with Gasteiger partial charge >= 0.3 is 5.97 Å². The number of carbonyl (C=O) groups is 1. The molecule has 0 heterocycles. The van der Waals surface area contributed by atoms with E-state index in [1.54, 1.807) is 0 Å². The molecular formula is C5H10O4. The topological polar surface area (TPSA) is 55.8 Å². The molecule has 0 radical (unpaired) electrons. The Balaban J connectivity index is 3.28. The monoisotopic (exact) mass is 134 g/mol. The van der Waals surface area contributed by atoms with E-state index in [9.17, 15) is 4.79 Å². The van der Waals surface area contributed by atoms with Gasteiger partial charge in [-0.1, -0.05) is 0 Å². The lowest BCUT2D eigenvalue weighted by molar-refractivity contribution is -0.162. The van der Waals surface area contributed by atoms with Gasteiger partial charge in [0.15, 0.2) is 6.79 Å². The lowest BCUT2D eigenvalue weighted by Gasteiger charge is -2.03. The molecule has 4 heteroatoms. The van der Waals surface area contributed by atoms with E-state index < -0.39 is 12.1 Å². The molecule has 9 heavy (non-hydrogen) atoms. The SMILES string of the molecule is COCOC(=O)[C@H](C)O. The second kappa shape index (κ2) is 4.29.